The molecule has 0 aliphatic heterocycles. The van der Waals surface area contributed by atoms with Crippen molar-refractivity contribution in [2.24, 2.45) is 0 Å². The predicted molar refractivity (Wildman–Crippen MR) is 74.0 cm³/mol. The van der Waals surface area contributed by atoms with Gasteiger partial charge in [0.25, 0.3) is 0 Å². The molecule has 0 radical (unpaired) electrons. The Morgan fingerprint density at radius 1 is 0.950 bits per heavy atom. The molecule has 2 aromatic carbocycles. The van der Waals surface area contributed by atoms with Crippen molar-refractivity contribution < 1.29 is 18.3 Å². The molecule has 1 unspecified atom stereocenters. The first kappa shape index (κ1) is 15.1. The number of hydrogen-bond donors (Lipinski definition) is 1. The minimum Gasteiger partial charge on any atom is -0.384 e. The summed E-state index contributed by atoms with van der Waals surface area (Å²) in [6.07, 6.45) is -1.22. The van der Waals surface area contributed by atoms with Gasteiger partial charge in [-0.15, -0.1) is 0 Å². The van der Waals surface area contributed by atoms with Crippen LogP contribution in [0.3, 0.4) is 0 Å². The van der Waals surface area contributed by atoms with Gasteiger partial charge in [-0.05, 0) is 54.3 Å². The molecule has 0 saturated heterocycles. The molecule has 1 N–H and O–H groups in total. The lowest BCUT2D eigenvalue weighted by Crippen LogP contribution is -2.05. The first-order valence-electron chi connectivity index (χ1n) is 5.90. The van der Waals surface area contributed by atoms with Gasteiger partial charge < -0.3 is 5.11 Å². The molecule has 5 heteroatoms. The van der Waals surface area contributed by atoms with Crippen LogP contribution in [0.4, 0.5) is 13.2 Å². The average Bonchev–Trinajstić information content (AvgIpc) is 2.38. The van der Waals surface area contributed by atoms with Crippen LogP contribution in [-0.2, 0) is 0 Å². The van der Waals surface area contributed by atoms with Crippen LogP contribution in [0.1, 0.15) is 28.4 Å². The van der Waals surface area contributed by atoms with Gasteiger partial charge in [0.1, 0.15) is 6.10 Å². The van der Waals surface area contributed by atoms with Crippen molar-refractivity contribution in [2.45, 2.75) is 20.0 Å². The maximum Gasteiger partial charge on any atom is 0.194 e. The summed E-state index contributed by atoms with van der Waals surface area (Å²) in [6.45, 7) is 3.62. The van der Waals surface area contributed by atoms with E-state index in [0.717, 1.165) is 27.7 Å². The van der Waals surface area contributed by atoms with Crippen LogP contribution in [0.5, 0.6) is 0 Å². The molecule has 0 fully saturated rings. The fourth-order valence-corrected chi connectivity index (χ4v) is 2.47. The Kier molecular flexibility index (Phi) is 4.20. The van der Waals surface area contributed by atoms with Gasteiger partial charge in [-0.2, -0.15) is 0 Å². The van der Waals surface area contributed by atoms with Gasteiger partial charge in [0.15, 0.2) is 17.5 Å². The van der Waals surface area contributed by atoms with Crippen LogP contribution in [0.25, 0.3) is 0 Å². The zero-order valence-corrected chi connectivity index (χ0v) is 12.4. The molecule has 2 rings (SSSR count). The van der Waals surface area contributed by atoms with E-state index in [-0.39, 0.29) is 5.56 Å². The number of rotatable bonds is 2. The zero-order valence-electron chi connectivity index (χ0n) is 10.8. The highest BCUT2D eigenvalue weighted by Gasteiger charge is 2.19. The molecule has 1 nitrogen and oxygen atoms in total. The standard InChI is InChI=1S/C15H12BrF3O/c1-7-4-11(16)8(2)3-10(7)15(20)9-5-12(17)14(19)13(18)6-9/h3-6,15,20H,1-2H3. The number of aliphatic hydroxyl groups is 1. The summed E-state index contributed by atoms with van der Waals surface area (Å²) < 4.78 is 40.3. The van der Waals surface area contributed by atoms with Gasteiger partial charge in [0, 0.05) is 4.47 Å². The molecule has 0 spiro atoms. The molecule has 0 amide bonds. The zero-order chi connectivity index (χ0) is 15.0. The van der Waals surface area contributed by atoms with E-state index < -0.39 is 23.6 Å². The number of benzene rings is 2. The number of aliphatic hydroxyl groups excluding tert-OH is 1. The van der Waals surface area contributed by atoms with E-state index in [1.807, 2.05) is 13.0 Å². The van der Waals surface area contributed by atoms with E-state index in [9.17, 15) is 18.3 Å². The first-order valence-corrected chi connectivity index (χ1v) is 6.69. The summed E-state index contributed by atoms with van der Waals surface area (Å²) in [5.74, 6) is -4.17. The van der Waals surface area contributed by atoms with E-state index >= 15 is 0 Å². The predicted octanol–water partition coefficient (Wildman–Crippen LogP) is 4.56. The first-order chi connectivity index (χ1) is 9.31. The molecular formula is C15H12BrF3O. The lowest BCUT2D eigenvalue weighted by molar-refractivity contribution is 0.217. The monoisotopic (exact) mass is 344 g/mol. The minimum atomic E-state index is -1.54. The lowest BCUT2D eigenvalue weighted by atomic mass is 9.95. The summed E-state index contributed by atoms with van der Waals surface area (Å²) in [5, 5.41) is 10.3. The molecule has 0 aliphatic rings. The van der Waals surface area contributed by atoms with Gasteiger partial charge in [0.2, 0.25) is 0 Å². The van der Waals surface area contributed by atoms with E-state index in [1.165, 1.54) is 0 Å². The summed E-state index contributed by atoms with van der Waals surface area (Å²) in [5.41, 5.74) is 2.15. The van der Waals surface area contributed by atoms with Crippen molar-refractivity contribution in [2.75, 3.05) is 0 Å². The van der Waals surface area contributed by atoms with Crippen LogP contribution in [0.15, 0.2) is 28.7 Å². The van der Waals surface area contributed by atoms with Crippen molar-refractivity contribution in [1.82, 2.24) is 0 Å². The van der Waals surface area contributed by atoms with Crippen LogP contribution in [-0.4, -0.2) is 5.11 Å². The van der Waals surface area contributed by atoms with Gasteiger partial charge in [-0.1, -0.05) is 22.0 Å². The van der Waals surface area contributed by atoms with E-state index in [4.69, 9.17) is 0 Å². The number of halogens is 4. The second-order valence-electron chi connectivity index (χ2n) is 4.66. The average molecular weight is 345 g/mol. The van der Waals surface area contributed by atoms with Crippen molar-refractivity contribution in [3.63, 3.8) is 0 Å². The highest BCUT2D eigenvalue weighted by atomic mass is 79.9. The van der Waals surface area contributed by atoms with Crippen molar-refractivity contribution in [3.05, 3.63) is 68.4 Å². The summed E-state index contributed by atoms with van der Waals surface area (Å²) in [4.78, 5) is 0. The Labute approximate surface area is 123 Å². The molecule has 20 heavy (non-hydrogen) atoms. The molecule has 106 valence electrons. The van der Waals surface area contributed by atoms with E-state index in [1.54, 1.807) is 13.0 Å². The molecule has 0 aliphatic carbocycles. The largest absolute Gasteiger partial charge is 0.384 e. The molecular weight excluding hydrogens is 333 g/mol. The van der Waals surface area contributed by atoms with Gasteiger partial charge in [-0.3, -0.25) is 0 Å². The highest BCUT2D eigenvalue weighted by Crippen LogP contribution is 2.30. The Morgan fingerprint density at radius 3 is 2.05 bits per heavy atom. The van der Waals surface area contributed by atoms with Crippen LogP contribution >= 0.6 is 15.9 Å². The fourth-order valence-electron chi connectivity index (χ4n) is 2.01. The van der Waals surface area contributed by atoms with Crippen LogP contribution < -0.4 is 0 Å². The van der Waals surface area contributed by atoms with Crippen molar-refractivity contribution >= 4 is 15.9 Å². The molecule has 0 saturated carbocycles. The van der Waals surface area contributed by atoms with Crippen LogP contribution in [0, 0.1) is 31.3 Å². The minimum absolute atomic E-state index is 0.0220. The van der Waals surface area contributed by atoms with E-state index in [0.29, 0.717) is 5.56 Å². The Hall–Kier alpha value is -1.33. The summed E-state index contributed by atoms with van der Waals surface area (Å²) in [7, 11) is 0. The third-order valence-corrected chi connectivity index (χ3v) is 4.02. The van der Waals surface area contributed by atoms with E-state index in [2.05, 4.69) is 15.9 Å². The van der Waals surface area contributed by atoms with Gasteiger partial charge in [0.05, 0.1) is 0 Å². The van der Waals surface area contributed by atoms with Crippen molar-refractivity contribution in [3.8, 4) is 0 Å². The lowest BCUT2D eigenvalue weighted by Gasteiger charge is -2.16. The maximum absolute atomic E-state index is 13.2. The molecule has 1 atom stereocenters. The smallest absolute Gasteiger partial charge is 0.194 e. The third kappa shape index (κ3) is 2.74. The fraction of sp³-hybridized carbons (Fsp3) is 0.200. The van der Waals surface area contributed by atoms with Crippen molar-refractivity contribution in [1.29, 1.82) is 0 Å². The normalized spacial score (nSPS) is 12.6. The summed E-state index contributed by atoms with van der Waals surface area (Å²) >= 11 is 3.37. The topological polar surface area (TPSA) is 20.2 Å². The van der Waals surface area contributed by atoms with Gasteiger partial charge >= 0.3 is 0 Å². The molecule has 0 heterocycles. The van der Waals surface area contributed by atoms with Crippen LogP contribution in [0.2, 0.25) is 0 Å². The third-order valence-electron chi connectivity index (χ3n) is 3.16. The number of aryl methyl sites for hydroxylation is 2. The summed E-state index contributed by atoms with van der Waals surface area (Å²) in [6, 6.07) is 5.15. The molecule has 0 bridgehead atoms. The highest BCUT2D eigenvalue weighted by molar-refractivity contribution is 9.10. The SMILES string of the molecule is Cc1cc(C(O)c2cc(F)c(F)c(F)c2)c(C)cc1Br. The Balaban J connectivity index is 2.51. The maximum atomic E-state index is 13.2. The van der Waals surface area contributed by atoms with Gasteiger partial charge in [-0.25, -0.2) is 13.2 Å². The second kappa shape index (κ2) is 5.58. The number of hydrogen-bond acceptors (Lipinski definition) is 1. The second-order valence-corrected chi connectivity index (χ2v) is 5.51. The molecule has 2 aromatic rings. The quantitative estimate of drug-likeness (QED) is 0.791. The Bertz CT molecular complexity index is 647. The molecule has 0 aromatic heterocycles. The Morgan fingerprint density at radius 2 is 1.50 bits per heavy atom.